The molecule has 3 rings (SSSR count). The summed E-state index contributed by atoms with van der Waals surface area (Å²) in [5, 5.41) is 3.42. The summed E-state index contributed by atoms with van der Waals surface area (Å²) in [6.07, 6.45) is 7.31. The first kappa shape index (κ1) is 13.7. The molecule has 20 heavy (non-hydrogen) atoms. The van der Waals surface area contributed by atoms with E-state index in [1.54, 1.807) is 0 Å². The van der Waals surface area contributed by atoms with E-state index in [1.165, 1.54) is 25.8 Å². The van der Waals surface area contributed by atoms with Crippen molar-refractivity contribution in [1.29, 1.82) is 0 Å². The molecule has 2 aliphatic rings. The molecular weight excluding hydrogens is 248 g/mol. The van der Waals surface area contributed by atoms with Crippen molar-refractivity contribution in [3.8, 4) is 0 Å². The molecule has 2 bridgehead atoms. The van der Waals surface area contributed by atoms with E-state index in [4.69, 9.17) is 4.98 Å². The number of rotatable bonds is 6. The van der Waals surface area contributed by atoms with E-state index in [-0.39, 0.29) is 0 Å². The van der Waals surface area contributed by atoms with Crippen molar-refractivity contribution >= 4 is 11.6 Å². The van der Waals surface area contributed by atoms with Crippen LogP contribution in [0.25, 0.3) is 0 Å². The van der Waals surface area contributed by atoms with Gasteiger partial charge in [0.05, 0.1) is 0 Å². The molecule has 0 radical (unpaired) electrons. The summed E-state index contributed by atoms with van der Waals surface area (Å²) in [5.41, 5.74) is 0. The van der Waals surface area contributed by atoms with Gasteiger partial charge in [0.1, 0.15) is 17.5 Å². The van der Waals surface area contributed by atoms with E-state index in [2.05, 4.69) is 35.1 Å². The summed E-state index contributed by atoms with van der Waals surface area (Å²) in [7, 11) is 0. The van der Waals surface area contributed by atoms with Gasteiger partial charge in [0, 0.05) is 31.6 Å². The van der Waals surface area contributed by atoms with E-state index in [0.717, 1.165) is 55.2 Å². The average Bonchev–Trinajstić information content (AvgIpc) is 3.08. The van der Waals surface area contributed by atoms with Crippen LogP contribution in [0.1, 0.15) is 51.8 Å². The minimum atomic E-state index is 0.725. The van der Waals surface area contributed by atoms with Gasteiger partial charge in [-0.05, 0) is 38.0 Å². The van der Waals surface area contributed by atoms with Gasteiger partial charge in [-0.3, -0.25) is 0 Å². The van der Waals surface area contributed by atoms with Gasteiger partial charge in [-0.25, -0.2) is 9.97 Å². The maximum atomic E-state index is 4.81. The van der Waals surface area contributed by atoms with Gasteiger partial charge in [-0.15, -0.1) is 0 Å². The van der Waals surface area contributed by atoms with Crippen molar-refractivity contribution in [3.63, 3.8) is 0 Å². The van der Waals surface area contributed by atoms with Crippen LogP contribution >= 0.6 is 0 Å². The number of hydrogen-bond acceptors (Lipinski definition) is 4. The van der Waals surface area contributed by atoms with E-state index in [9.17, 15) is 0 Å². The Kier molecular flexibility index (Phi) is 4.08. The molecule has 1 saturated carbocycles. The van der Waals surface area contributed by atoms with Gasteiger partial charge in [0.25, 0.3) is 0 Å². The van der Waals surface area contributed by atoms with Gasteiger partial charge >= 0.3 is 0 Å². The van der Waals surface area contributed by atoms with E-state index in [1.807, 2.05) is 0 Å². The molecule has 1 saturated heterocycles. The number of anilines is 2. The zero-order valence-electron chi connectivity index (χ0n) is 12.7. The molecule has 1 aromatic rings. The van der Waals surface area contributed by atoms with Gasteiger partial charge < -0.3 is 10.2 Å². The Bertz CT molecular complexity index is 460. The third kappa shape index (κ3) is 2.74. The predicted octanol–water partition coefficient (Wildman–Crippen LogP) is 3.24. The lowest BCUT2D eigenvalue weighted by Gasteiger charge is -2.28. The fourth-order valence-corrected chi connectivity index (χ4v) is 3.51. The normalized spacial score (nSPS) is 24.4. The smallest absolute Gasteiger partial charge is 0.134 e. The van der Waals surface area contributed by atoms with Crippen LogP contribution in [0.2, 0.25) is 0 Å². The molecule has 1 aromatic heterocycles. The van der Waals surface area contributed by atoms with Gasteiger partial charge in [-0.1, -0.05) is 13.8 Å². The van der Waals surface area contributed by atoms with Crippen LogP contribution in [0.3, 0.4) is 0 Å². The molecule has 4 heteroatoms. The van der Waals surface area contributed by atoms with Crippen LogP contribution in [0.5, 0.6) is 0 Å². The van der Waals surface area contributed by atoms with Crippen molar-refractivity contribution in [2.24, 2.45) is 5.92 Å². The largest absolute Gasteiger partial charge is 0.370 e. The highest BCUT2D eigenvalue weighted by Gasteiger charge is 2.38. The Morgan fingerprint density at radius 3 is 2.80 bits per heavy atom. The number of aromatic nitrogens is 2. The first-order chi connectivity index (χ1) is 9.80. The molecule has 2 heterocycles. The highest BCUT2D eigenvalue weighted by atomic mass is 15.3. The summed E-state index contributed by atoms with van der Waals surface area (Å²) < 4.78 is 0. The van der Waals surface area contributed by atoms with E-state index >= 15 is 0 Å². The Morgan fingerprint density at radius 2 is 2.15 bits per heavy atom. The van der Waals surface area contributed by atoms with E-state index < -0.39 is 0 Å². The number of nitrogens with one attached hydrogen (secondary N) is 1. The van der Waals surface area contributed by atoms with Crippen molar-refractivity contribution in [1.82, 2.24) is 9.97 Å². The van der Waals surface area contributed by atoms with Crippen molar-refractivity contribution in [2.75, 3.05) is 23.3 Å². The van der Waals surface area contributed by atoms with Crippen LogP contribution in [-0.2, 0) is 6.42 Å². The monoisotopic (exact) mass is 274 g/mol. The van der Waals surface area contributed by atoms with Crippen LogP contribution in [-0.4, -0.2) is 29.1 Å². The minimum absolute atomic E-state index is 0.725. The standard InChI is InChI=1S/C16H26N4/c1-3-5-14-18-15(17-8-4-2)10-16(19-14)20-11-12-6-7-13(20)9-12/h10,12-13H,3-9,11H2,1-2H3,(H,17,18,19). The number of aryl methyl sites for hydroxylation is 1. The van der Waals surface area contributed by atoms with Gasteiger partial charge in [0.15, 0.2) is 0 Å². The van der Waals surface area contributed by atoms with Crippen molar-refractivity contribution < 1.29 is 0 Å². The van der Waals surface area contributed by atoms with Crippen molar-refractivity contribution in [3.05, 3.63) is 11.9 Å². The number of fused-ring (bicyclic) bond motifs is 2. The Hall–Kier alpha value is -1.32. The second kappa shape index (κ2) is 5.98. The van der Waals surface area contributed by atoms with Gasteiger partial charge in [-0.2, -0.15) is 0 Å². The molecule has 110 valence electrons. The molecule has 1 N–H and O–H groups in total. The molecular formula is C16H26N4. The highest BCUT2D eigenvalue weighted by Crippen LogP contribution is 2.39. The topological polar surface area (TPSA) is 41.0 Å². The number of piperidine rings is 1. The number of hydrogen-bond donors (Lipinski definition) is 1. The quantitative estimate of drug-likeness (QED) is 0.864. The summed E-state index contributed by atoms with van der Waals surface area (Å²) in [6, 6.07) is 2.87. The molecule has 2 atom stereocenters. The molecule has 2 fully saturated rings. The fraction of sp³-hybridized carbons (Fsp3) is 0.750. The second-order valence-electron chi connectivity index (χ2n) is 6.19. The Labute approximate surface area is 122 Å². The second-order valence-corrected chi connectivity index (χ2v) is 6.19. The van der Waals surface area contributed by atoms with Crippen LogP contribution in [0, 0.1) is 5.92 Å². The molecule has 0 spiro atoms. The SMILES string of the molecule is CCCNc1cc(N2CC3CCC2C3)nc(CCC)n1. The highest BCUT2D eigenvalue weighted by molar-refractivity contribution is 5.51. The Morgan fingerprint density at radius 1 is 1.25 bits per heavy atom. The lowest BCUT2D eigenvalue weighted by molar-refractivity contribution is 0.549. The lowest BCUT2D eigenvalue weighted by Crippen LogP contribution is -2.33. The summed E-state index contributed by atoms with van der Waals surface area (Å²) in [4.78, 5) is 12.0. The zero-order chi connectivity index (χ0) is 13.9. The number of nitrogens with zero attached hydrogens (tertiary/aromatic N) is 3. The third-order valence-electron chi connectivity index (χ3n) is 4.49. The van der Waals surface area contributed by atoms with Crippen LogP contribution < -0.4 is 10.2 Å². The molecule has 1 aliphatic heterocycles. The minimum Gasteiger partial charge on any atom is -0.370 e. The van der Waals surface area contributed by atoms with Gasteiger partial charge in [0.2, 0.25) is 0 Å². The molecule has 0 amide bonds. The molecule has 0 aromatic carbocycles. The van der Waals surface area contributed by atoms with Crippen molar-refractivity contribution in [2.45, 2.75) is 58.4 Å². The Balaban J connectivity index is 1.82. The summed E-state index contributed by atoms with van der Waals surface area (Å²) >= 11 is 0. The first-order valence-corrected chi connectivity index (χ1v) is 8.18. The predicted molar refractivity (Wildman–Crippen MR) is 83.3 cm³/mol. The van der Waals surface area contributed by atoms with E-state index in [0.29, 0.717) is 0 Å². The van der Waals surface area contributed by atoms with Crippen LogP contribution in [0.4, 0.5) is 11.6 Å². The summed E-state index contributed by atoms with van der Waals surface area (Å²) in [5.74, 6) is 4.04. The molecule has 4 nitrogen and oxygen atoms in total. The maximum Gasteiger partial charge on any atom is 0.134 e. The lowest BCUT2D eigenvalue weighted by atomic mass is 10.1. The molecule has 2 unspecified atom stereocenters. The average molecular weight is 274 g/mol. The summed E-state index contributed by atoms with van der Waals surface area (Å²) in [6.45, 7) is 6.54. The molecule has 1 aliphatic carbocycles. The van der Waals surface area contributed by atoms with Crippen LogP contribution in [0.15, 0.2) is 6.07 Å². The first-order valence-electron chi connectivity index (χ1n) is 8.18. The fourth-order valence-electron chi connectivity index (χ4n) is 3.51. The third-order valence-corrected chi connectivity index (χ3v) is 4.49. The zero-order valence-corrected chi connectivity index (χ0v) is 12.7. The maximum absolute atomic E-state index is 4.81.